The average molecular weight is 322 g/mol. The second-order valence-corrected chi connectivity index (χ2v) is 4.42. The molecule has 80 valence electrons. The van der Waals surface area contributed by atoms with Crippen LogP contribution < -0.4 is 0 Å². The molecule has 0 aliphatic rings. The molecule has 0 atom stereocenters. The summed E-state index contributed by atoms with van der Waals surface area (Å²) in [5, 5.41) is 9.79. The zero-order chi connectivity index (χ0) is 11.4. The second-order valence-electron chi connectivity index (χ2n) is 3.40. The van der Waals surface area contributed by atoms with Gasteiger partial charge in [-0.2, -0.15) is 0 Å². The van der Waals surface area contributed by atoms with Crippen LogP contribution >= 0.6 is 22.6 Å². The van der Waals surface area contributed by atoms with E-state index in [4.69, 9.17) is 0 Å². The quantitative estimate of drug-likeness (QED) is 0.642. The number of rotatable bonds is 2. The summed E-state index contributed by atoms with van der Waals surface area (Å²) in [7, 11) is 0. The van der Waals surface area contributed by atoms with Crippen molar-refractivity contribution in [2.24, 2.45) is 0 Å². The van der Waals surface area contributed by atoms with Gasteiger partial charge in [0.25, 0.3) is 0 Å². The lowest BCUT2D eigenvalue weighted by Crippen LogP contribution is -1.89. The number of aliphatic hydroxyl groups excluding tert-OH is 1. The highest BCUT2D eigenvalue weighted by Crippen LogP contribution is 2.28. The summed E-state index contributed by atoms with van der Waals surface area (Å²) in [6, 6.07) is 19.8. The summed E-state index contributed by atoms with van der Waals surface area (Å²) < 4.78 is 0.315. The maximum atomic E-state index is 9.79. The predicted molar refractivity (Wildman–Crippen MR) is 75.6 cm³/mol. The van der Waals surface area contributed by atoms with Crippen LogP contribution in [0.2, 0.25) is 0 Å². The van der Waals surface area contributed by atoms with Gasteiger partial charge in [0, 0.05) is 5.57 Å². The molecule has 1 nitrogen and oxygen atoms in total. The summed E-state index contributed by atoms with van der Waals surface area (Å²) >= 11 is 1.95. The van der Waals surface area contributed by atoms with Gasteiger partial charge in [-0.3, -0.25) is 0 Å². The first-order valence-electron chi connectivity index (χ1n) is 4.98. The van der Waals surface area contributed by atoms with Crippen LogP contribution in [0, 0.1) is 0 Å². The van der Waals surface area contributed by atoms with Gasteiger partial charge < -0.3 is 5.11 Å². The monoisotopic (exact) mass is 322 g/mol. The third-order valence-electron chi connectivity index (χ3n) is 2.33. The molecule has 2 aromatic rings. The highest BCUT2D eigenvalue weighted by atomic mass is 127. The Balaban J connectivity index is 2.54. The molecule has 0 amide bonds. The molecule has 0 aromatic heterocycles. The van der Waals surface area contributed by atoms with Crippen LogP contribution in [-0.4, -0.2) is 5.11 Å². The van der Waals surface area contributed by atoms with Crippen LogP contribution in [0.4, 0.5) is 0 Å². The van der Waals surface area contributed by atoms with Crippen molar-refractivity contribution in [1.29, 1.82) is 0 Å². The highest BCUT2D eigenvalue weighted by molar-refractivity contribution is 14.1. The molecule has 0 bridgehead atoms. The van der Waals surface area contributed by atoms with Crippen LogP contribution in [0.15, 0.2) is 64.4 Å². The second kappa shape index (κ2) is 5.16. The molecule has 0 unspecified atom stereocenters. The van der Waals surface area contributed by atoms with E-state index in [1.54, 1.807) is 0 Å². The predicted octanol–water partition coefficient (Wildman–Crippen LogP) is 4.40. The van der Waals surface area contributed by atoms with Gasteiger partial charge in [0.15, 0.2) is 3.77 Å². The lowest BCUT2D eigenvalue weighted by molar-refractivity contribution is 0.468. The molecule has 2 rings (SSSR count). The minimum Gasteiger partial charge on any atom is -0.502 e. The van der Waals surface area contributed by atoms with Crippen molar-refractivity contribution in [2.75, 3.05) is 0 Å². The Morgan fingerprint density at radius 3 is 1.44 bits per heavy atom. The molecule has 0 heterocycles. The molecule has 1 N–H and O–H groups in total. The molecular weight excluding hydrogens is 311 g/mol. The van der Waals surface area contributed by atoms with Crippen molar-refractivity contribution >= 4 is 28.2 Å². The third-order valence-corrected chi connectivity index (χ3v) is 2.87. The topological polar surface area (TPSA) is 20.2 Å². The average Bonchev–Trinajstić information content (AvgIpc) is 2.31. The molecule has 2 heteroatoms. The van der Waals surface area contributed by atoms with E-state index in [2.05, 4.69) is 0 Å². The number of aliphatic hydroxyl groups is 1. The van der Waals surface area contributed by atoms with Crippen molar-refractivity contribution in [1.82, 2.24) is 0 Å². The molecular formula is C14H11IO. The molecule has 0 radical (unpaired) electrons. The van der Waals surface area contributed by atoms with E-state index in [0.717, 1.165) is 16.7 Å². The maximum Gasteiger partial charge on any atom is 0.161 e. The Kier molecular flexibility index (Phi) is 3.62. The lowest BCUT2D eigenvalue weighted by atomic mass is 9.99. The molecule has 2 aromatic carbocycles. The fourth-order valence-electron chi connectivity index (χ4n) is 1.61. The van der Waals surface area contributed by atoms with E-state index in [1.165, 1.54) is 0 Å². The van der Waals surface area contributed by atoms with E-state index in [-0.39, 0.29) is 0 Å². The fourth-order valence-corrected chi connectivity index (χ4v) is 2.24. The van der Waals surface area contributed by atoms with Gasteiger partial charge in [-0.05, 0) is 33.7 Å². The fraction of sp³-hybridized carbons (Fsp3) is 0. The summed E-state index contributed by atoms with van der Waals surface area (Å²) in [4.78, 5) is 0. The lowest BCUT2D eigenvalue weighted by Gasteiger charge is -2.08. The minimum atomic E-state index is 0.315. The Bertz CT molecular complexity index is 443. The molecule has 0 fully saturated rings. The van der Waals surface area contributed by atoms with Crippen molar-refractivity contribution in [3.8, 4) is 0 Å². The van der Waals surface area contributed by atoms with Gasteiger partial charge in [-0.25, -0.2) is 0 Å². The molecule has 16 heavy (non-hydrogen) atoms. The van der Waals surface area contributed by atoms with Crippen LogP contribution in [0.1, 0.15) is 11.1 Å². The number of halogens is 1. The van der Waals surface area contributed by atoms with Gasteiger partial charge in [0.1, 0.15) is 0 Å². The van der Waals surface area contributed by atoms with Gasteiger partial charge in [-0.1, -0.05) is 60.7 Å². The normalized spacial score (nSPS) is 9.81. The van der Waals surface area contributed by atoms with Gasteiger partial charge in [0.05, 0.1) is 0 Å². The SMILES string of the molecule is OC(I)=C(c1ccccc1)c1ccccc1. The number of benzene rings is 2. The first-order chi connectivity index (χ1) is 7.79. The number of hydrogen-bond acceptors (Lipinski definition) is 1. The Morgan fingerprint density at radius 1 is 0.750 bits per heavy atom. The van der Waals surface area contributed by atoms with E-state index >= 15 is 0 Å². The van der Waals surface area contributed by atoms with E-state index in [9.17, 15) is 5.11 Å². The van der Waals surface area contributed by atoms with Crippen LogP contribution in [0.25, 0.3) is 5.57 Å². The molecule has 0 saturated heterocycles. The third kappa shape index (κ3) is 2.44. The number of hydrogen-bond donors (Lipinski definition) is 1. The van der Waals surface area contributed by atoms with E-state index in [0.29, 0.717) is 3.77 Å². The molecule has 0 aliphatic carbocycles. The minimum absolute atomic E-state index is 0.315. The van der Waals surface area contributed by atoms with Crippen molar-refractivity contribution in [2.45, 2.75) is 0 Å². The summed E-state index contributed by atoms with van der Waals surface area (Å²) in [5.74, 6) is 0. The van der Waals surface area contributed by atoms with E-state index < -0.39 is 0 Å². The van der Waals surface area contributed by atoms with Crippen molar-refractivity contribution < 1.29 is 5.11 Å². The van der Waals surface area contributed by atoms with E-state index in [1.807, 2.05) is 83.3 Å². The maximum absolute atomic E-state index is 9.79. The first kappa shape index (κ1) is 11.2. The van der Waals surface area contributed by atoms with Gasteiger partial charge >= 0.3 is 0 Å². The van der Waals surface area contributed by atoms with Crippen LogP contribution in [-0.2, 0) is 0 Å². The van der Waals surface area contributed by atoms with Crippen LogP contribution in [0.5, 0.6) is 0 Å². The van der Waals surface area contributed by atoms with Crippen molar-refractivity contribution in [3.63, 3.8) is 0 Å². The summed E-state index contributed by atoms with van der Waals surface area (Å²) in [5.41, 5.74) is 2.93. The van der Waals surface area contributed by atoms with Gasteiger partial charge in [0.2, 0.25) is 0 Å². The Hall–Kier alpha value is -1.29. The van der Waals surface area contributed by atoms with Crippen LogP contribution in [0.3, 0.4) is 0 Å². The summed E-state index contributed by atoms with van der Waals surface area (Å²) in [6.45, 7) is 0. The molecule has 0 spiro atoms. The van der Waals surface area contributed by atoms with Gasteiger partial charge in [-0.15, -0.1) is 0 Å². The molecule has 0 saturated carbocycles. The largest absolute Gasteiger partial charge is 0.502 e. The smallest absolute Gasteiger partial charge is 0.161 e. The first-order valence-corrected chi connectivity index (χ1v) is 6.06. The standard InChI is InChI=1S/C14H11IO/c15-14(16)13(11-7-3-1-4-8-11)12-9-5-2-6-10-12/h1-10,16H. The zero-order valence-corrected chi connectivity index (χ0v) is 10.8. The Labute approximate surface area is 109 Å². The Morgan fingerprint density at radius 2 is 1.12 bits per heavy atom. The summed E-state index contributed by atoms with van der Waals surface area (Å²) in [6.07, 6.45) is 0. The van der Waals surface area contributed by atoms with Crippen molar-refractivity contribution in [3.05, 3.63) is 75.6 Å². The highest BCUT2D eigenvalue weighted by Gasteiger charge is 2.08. The molecule has 0 aliphatic heterocycles. The zero-order valence-electron chi connectivity index (χ0n) is 8.60.